The first-order valence-corrected chi connectivity index (χ1v) is 10.6. The van der Waals surface area contributed by atoms with Crippen LogP contribution in [0.1, 0.15) is 42.9 Å². The van der Waals surface area contributed by atoms with Gasteiger partial charge in [0.25, 0.3) is 5.91 Å². The molecule has 1 atom stereocenters. The van der Waals surface area contributed by atoms with E-state index in [9.17, 15) is 9.59 Å². The highest BCUT2D eigenvalue weighted by Crippen LogP contribution is 2.41. The van der Waals surface area contributed by atoms with Gasteiger partial charge in [0.1, 0.15) is 5.82 Å². The summed E-state index contributed by atoms with van der Waals surface area (Å²) >= 11 is 0. The Labute approximate surface area is 186 Å². The van der Waals surface area contributed by atoms with Gasteiger partial charge in [-0.1, -0.05) is 25.1 Å². The van der Waals surface area contributed by atoms with E-state index in [1.54, 1.807) is 16.9 Å². The average Bonchev–Trinajstić information content (AvgIpc) is 3.21. The Balaban J connectivity index is 1.72. The molecule has 166 valence electrons. The Morgan fingerprint density at radius 3 is 2.78 bits per heavy atom. The van der Waals surface area contributed by atoms with Crippen LogP contribution in [0.15, 0.2) is 48.7 Å². The number of nitrogens with zero attached hydrogens (tertiary/aromatic N) is 2. The molecule has 1 aliphatic rings. The molecule has 0 bridgehead atoms. The molecule has 2 aromatic carbocycles. The number of ether oxygens (including phenoxy) is 2. The number of aryl methyl sites for hydroxylation is 1. The van der Waals surface area contributed by atoms with Crippen LogP contribution in [0.5, 0.6) is 11.5 Å². The Morgan fingerprint density at radius 2 is 2.03 bits per heavy atom. The fraction of sp³-hybridized carbons (Fsp3) is 0.292. The molecular formula is C24H26N4O4. The first-order chi connectivity index (χ1) is 15.5. The third kappa shape index (κ3) is 4.30. The molecule has 1 aromatic heterocycles. The largest absolute Gasteiger partial charge is 0.490 e. The molecule has 0 aliphatic carbocycles. The lowest BCUT2D eigenvalue weighted by Gasteiger charge is -2.24. The number of primary amides is 1. The van der Waals surface area contributed by atoms with Crippen LogP contribution in [-0.4, -0.2) is 34.8 Å². The second-order valence-corrected chi connectivity index (χ2v) is 7.58. The standard InChI is InChI=1S/C24H26N4O4/c1-3-15-6-5-7-17(10-15)28-24-19(13-26-28)18(12-23(30)27-24)16-8-9-20(32-14-22(25)29)21(11-16)31-4-2/h5-11,13,18H,3-4,12,14H2,1-2H3,(H2,25,29)(H,27,30). The quantitative estimate of drug-likeness (QED) is 0.566. The average molecular weight is 434 g/mol. The molecule has 3 N–H and O–H groups in total. The highest BCUT2D eigenvalue weighted by molar-refractivity contribution is 5.94. The number of carbonyl (C=O) groups excluding carboxylic acids is 2. The number of carbonyl (C=O) groups is 2. The van der Waals surface area contributed by atoms with E-state index in [2.05, 4.69) is 29.5 Å². The molecule has 32 heavy (non-hydrogen) atoms. The van der Waals surface area contributed by atoms with E-state index in [1.807, 2.05) is 31.2 Å². The maximum atomic E-state index is 12.6. The summed E-state index contributed by atoms with van der Waals surface area (Å²) in [6.45, 7) is 4.16. The minimum atomic E-state index is -0.565. The highest BCUT2D eigenvalue weighted by Gasteiger charge is 2.31. The molecule has 1 unspecified atom stereocenters. The van der Waals surface area contributed by atoms with Crippen LogP contribution in [0.3, 0.4) is 0 Å². The van der Waals surface area contributed by atoms with Gasteiger partial charge in [-0.15, -0.1) is 0 Å². The van der Waals surface area contributed by atoms with Gasteiger partial charge in [0, 0.05) is 17.9 Å². The Morgan fingerprint density at radius 1 is 1.19 bits per heavy atom. The van der Waals surface area contributed by atoms with Gasteiger partial charge in [0.2, 0.25) is 5.91 Å². The zero-order valence-electron chi connectivity index (χ0n) is 18.1. The summed E-state index contributed by atoms with van der Waals surface area (Å²) in [5.41, 5.74) is 9.11. The molecule has 0 fully saturated rings. The molecule has 0 saturated heterocycles. The van der Waals surface area contributed by atoms with Crippen LogP contribution in [0.2, 0.25) is 0 Å². The number of aromatic nitrogens is 2. The molecular weight excluding hydrogens is 408 g/mol. The monoisotopic (exact) mass is 434 g/mol. The van der Waals surface area contributed by atoms with Crippen LogP contribution < -0.4 is 20.5 Å². The van der Waals surface area contributed by atoms with Crippen molar-refractivity contribution in [2.24, 2.45) is 5.73 Å². The SMILES string of the molecule is CCOc1cc(C2CC(=O)Nc3c2cnn3-c2cccc(CC)c2)ccc1OCC(N)=O. The lowest BCUT2D eigenvalue weighted by molar-refractivity contribution is -0.120. The molecule has 0 radical (unpaired) electrons. The van der Waals surface area contributed by atoms with Gasteiger partial charge < -0.3 is 20.5 Å². The number of fused-ring (bicyclic) bond motifs is 1. The van der Waals surface area contributed by atoms with Crippen LogP contribution >= 0.6 is 0 Å². The van der Waals surface area contributed by atoms with E-state index < -0.39 is 5.91 Å². The summed E-state index contributed by atoms with van der Waals surface area (Å²) in [7, 11) is 0. The second-order valence-electron chi connectivity index (χ2n) is 7.58. The zero-order chi connectivity index (χ0) is 22.7. The van der Waals surface area contributed by atoms with Crippen molar-refractivity contribution in [2.75, 3.05) is 18.5 Å². The van der Waals surface area contributed by atoms with Crippen molar-refractivity contribution in [3.05, 3.63) is 65.4 Å². The smallest absolute Gasteiger partial charge is 0.255 e. The molecule has 2 heterocycles. The van der Waals surface area contributed by atoms with Gasteiger partial charge in [0.05, 0.1) is 18.5 Å². The van der Waals surface area contributed by atoms with Gasteiger partial charge >= 0.3 is 0 Å². The molecule has 8 heteroatoms. The molecule has 4 rings (SSSR count). The van der Waals surface area contributed by atoms with Crippen molar-refractivity contribution < 1.29 is 19.1 Å². The van der Waals surface area contributed by atoms with Crippen LogP contribution in [0, 0.1) is 0 Å². The molecule has 8 nitrogen and oxygen atoms in total. The molecule has 0 saturated carbocycles. The molecule has 3 aromatic rings. The number of nitrogens with one attached hydrogen (secondary N) is 1. The summed E-state index contributed by atoms with van der Waals surface area (Å²) in [5, 5.41) is 7.56. The predicted molar refractivity (Wildman–Crippen MR) is 120 cm³/mol. The fourth-order valence-electron chi connectivity index (χ4n) is 3.90. The van der Waals surface area contributed by atoms with Gasteiger partial charge in [-0.3, -0.25) is 9.59 Å². The minimum absolute atomic E-state index is 0.0806. The normalized spacial score (nSPS) is 15.1. The lowest BCUT2D eigenvalue weighted by atomic mass is 9.87. The van der Waals surface area contributed by atoms with E-state index >= 15 is 0 Å². The summed E-state index contributed by atoms with van der Waals surface area (Å²) in [5.74, 6) is 0.772. The molecule has 2 amide bonds. The first kappa shape index (κ1) is 21.4. The van der Waals surface area contributed by atoms with Gasteiger partial charge in [0.15, 0.2) is 18.1 Å². The van der Waals surface area contributed by atoms with Crippen LogP contribution in [0.4, 0.5) is 5.82 Å². The maximum Gasteiger partial charge on any atom is 0.255 e. The Hall–Kier alpha value is -3.81. The fourth-order valence-corrected chi connectivity index (χ4v) is 3.90. The first-order valence-electron chi connectivity index (χ1n) is 10.6. The second kappa shape index (κ2) is 9.13. The van der Waals surface area contributed by atoms with Crippen molar-refractivity contribution in [1.82, 2.24) is 9.78 Å². The van der Waals surface area contributed by atoms with Crippen molar-refractivity contribution in [3.8, 4) is 17.2 Å². The van der Waals surface area contributed by atoms with E-state index in [1.165, 1.54) is 5.56 Å². The third-order valence-electron chi connectivity index (χ3n) is 5.42. The van der Waals surface area contributed by atoms with E-state index in [4.69, 9.17) is 15.2 Å². The van der Waals surface area contributed by atoms with Crippen LogP contribution in [-0.2, 0) is 16.0 Å². The molecule has 0 spiro atoms. The molecule has 1 aliphatic heterocycles. The minimum Gasteiger partial charge on any atom is -0.490 e. The number of hydrogen-bond acceptors (Lipinski definition) is 5. The number of hydrogen-bond donors (Lipinski definition) is 2. The topological polar surface area (TPSA) is 108 Å². The number of rotatable bonds is 8. The van der Waals surface area contributed by atoms with Gasteiger partial charge in [-0.25, -0.2) is 4.68 Å². The Bertz CT molecular complexity index is 1150. The van der Waals surface area contributed by atoms with E-state index in [-0.39, 0.29) is 18.4 Å². The van der Waals surface area contributed by atoms with E-state index in [0.717, 1.165) is 23.2 Å². The number of amides is 2. The third-order valence-corrected chi connectivity index (χ3v) is 5.42. The van der Waals surface area contributed by atoms with E-state index in [0.29, 0.717) is 30.3 Å². The van der Waals surface area contributed by atoms with Gasteiger partial charge in [-0.05, 0) is 48.7 Å². The van der Waals surface area contributed by atoms with Crippen LogP contribution in [0.25, 0.3) is 5.69 Å². The van der Waals surface area contributed by atoms with Crippen molar-refractivity contribution in [3.63, 3.8) is 0 Å². The number of nitrogens with two attached hydrogens (primary N) is 1. The van der Waals surface area contributed by atoms with Gasteiger partial charge in [-0.2, -0.15) is 5.10 Å². The Kier molecular flexibility index (Phi) is 6.11. The number of benzene rings is 2. The van der Waals surface area contributed by atoms with Crippen molar-refractivity contribution in [1.29, 1.82) is 0 Å². The summed E-state index contributed by atoms with van der Waals surface area (Å²) in [4.78, 5) is 23.7. The van der Waals surface area contributed by atoms with Crippen molar-refractivity contribution >= 4 is 17.6 Å². The predicted octanol–water partition coefficient (Wildman–Crippen LogP) is 3.17. The highest BCUT2D eigenvalue weighted by atomic mass is 16.5. The maximum absolute atomic E-state index is 12.6. The summed E-state index contributed by atoms with van der Waals surface area (Å²) < 4.78 is 13.0. The lowest BCUT2D eigenvalue weighted by Crippen LogP contribution is -2.24. The summed E-state index contributed by atoms with van der Waals surface area (Å²) in [6, 6.07) is 13.6. The van der Waals surface area contributed by atoms with Crippen molar-refractivity contribution in [2.45, 2.75) is 32.6 Å². The summed E-state index contributed by atoms with van der Waals surface area (Å²) in [6.07, 6.45) is 3.01. The number of anilines is 1. The zero-order valence-corrected chi connectivity index (χ0v) is 18.1.